The molecule has 0 spiro atoms. The van der Waals surface area contributed by atoms with Crippen molar-refractivity contribution in [3.05, 3.63) is 144 Å². The van der Waals surface area contributed by atoms with Crippen molar-refractivity contribution in [3.63, 3.8) is 0 Å². The van der Waals surface area contributed by atoms with E-state index in [0.29, 0.717) is 19.6 Å². The van der Waals surface area contributed by atoms with E-state index in [-0.39, 0.29) is 32.3 Å². The van der Waals surface area contributed by atoms with Gasteiger partial charge < -0.3 is 44.0 Å². The van der Waals surface area contributed by atoms with Gasteiger partial charge in [0.25, 0.3) is 0 Å². The Morgan fingerprint density at radius 1 is 0.500 bits per heavy atom. The summed E-state index contributed by atoms with van der Waals surface area (Å²) in [5.74, 6) is -0.196. The molecule has 0 aromatic heterocycles. The quantitative estimate of drug-likeness (QED) is 0.0374. The van der Waals surface area contributed by atoms with Gasteiger partial charge in [-0.1, -0.05) is 250 Å². The van der Waals surface area contributed by atoms with Crippen molar-refractivity contribution in [3.8, 4) is 0 Å². The first-order valence-corrected chi connectivity index (χ1v) is 27.9. The number of ether oxygens (including phenoxy) is 6. The van der Waals surface area contributed by atoms with Gasteiger partial charge in [0, 0.05) is 6.42 Å². The average Bonchev–Trinajstić information content (AvgIpc) is 3.41. The number of benzene rings is 4. The molecule has 0 saturated carbocycles. The summed E-state index contributed by atoms with van der Waals surface area (Å²) >= 11 is 0. The fourth-order valence-corrected chi connectivity index (χ4v) is 9.46. The molecule has 10 nitrogen and oxygen atoms in total. The van der Waals surface area contributed by atoms with E-state index < -0.39 is 49.0 Å². The van der Waals surface area contributed by atoms with Gasteiger partial charge in [0.15, 0.2) is 6.29 Å². The van der Waals surface area contributed by atoms with E-state index in [9.17, 15) is 15.0 Å². The minimum Gasteiger partial charge on any atom is -0.391 e. The highest BCUT2D eigenvalue weighted by molar-refractivity contribution is 5.76. The van der Waals surface area contributed by atoms with Crippen LogP contribution < -0.4 is 5.32 Å². The number of hydrogen-bond donors (Lipinski definition) is 3. The van der Waals surface area contributed by atoms with Crippen LogP contribution in [-0.4, -0.2) is 78.3 Å². The van der Waals surface area contributed by atoms with Crippen LogP contribution >= 0.6 is 0 Å². The summed E-state index contributed by atoms with van der Waals surface area (Å²) in [5, 5.41) is 24.9. The van der Waals surface area contributed by atoms with E-state index in [1.807, 2.05) is 121 Å². The van der Waals surface area contributed by atoms with Crippen molar-refractivity contribution in [1.82, 2.24) is 5.32 Å². The van der Waals surface area contributed by atoms with Gasteiger partial charge in [-0.25, -0.2) is 0 Å². The number of aliphatic hydroxyl groups is 2. The van der Waals surface area contributed by atoms with Crippen LogP contribution in [0.5, 0.6) is 0 Å². The van der Waals surface area contributed by atoms with Crippen LogP contribution in [0.4, 0.5) is 0 Å². The van der Waals surface area contributed by atoms with Crippen molar-refractivity contribution < 1.29 is 43.4 Å². The molecule has 3 N–H and O–H groups in total. The molecule has 4 aromatic rings. The summed E-state index contributed by atoms with van der Waals surface area (Å²) in [6.07, 6.45) is 19.9. The maximum absolute atomic E-state index is 13.5. The normalized spacial score (nSPS) is 19.2. The van der Waals surface area contributed by atoms with Gasteiger partial charge in [0.2, 0.25) is 5.91 Å². The van der Waals surface area contributed by atoms with E-state index in [1.165, 1.54) is 116 Å². The molecule has 398 valence electrons. The smallest absolute Gasteiger partial charge is 0.220 e. The number of amides is 1. The highest BCUT2D eigenvalue weighted by Gasteiger charge is 2.49. The Bertz CT molecular complexity index is 1910. The lowest BCUT2D eigenvalue weighted by molar-refractivity contribution is -0.329. The molecule has 1 saturated heterocycles. The molecule has 5 rings (SSSR count). The molecule has 8 atom stereocenters. The molecule has 1 fully saturated rings. The number of nitrogens with one attached hydrogen (secondary N) is 1. The van der Waals surface area contributed by atoms with Gasteiger partial charge in [0.05, 0.1) is 51.8 Å². The summed E-state index contributed by atoms with van der Waals surface area (Å²) in [5.41, 5.74) is 3.94. The van der Waals surface area contributed by atoms with Crippen LogP contribution in [-0.2, 0) is 59.6 Å². The fraction of sp³-hybridized carbons (Fsp3) is 0.597. The summed E-state index contributed by atoms with van der Waals surface area (Å²) < 4.78 is 40.2. The number of carbonyl (C=O) groups excluding carboxylic acids is 1. The molecule has 1 aliphatic rings. The summed E-state index contributed by atoms with van der Waals surface area (Å²) in [4.78, 5) is 13.5. The van der Waals surface area contributed by atoms with E-state index >= 15 is 0 Å². The summed E-state index contributed by atoms with van der Waals surface area (Å²) in [6, 6.07) is 38.8. The second-order valence-corrected chi connectivity index (χ2v) is 20.0. The monoisotopic (exact) mass is 994 g/mol. The fourth-order valence-electron chi connectivity index (χ4n) is 9.46. The zero-order valence-corrected chi connectivity index (χ0v) is 44.0. The first-order chi connectivity index (χ1) is 35.4. The van der Waals surface area contributed by atoms with Crippen molar-refractivity contribution in [2.45, 2.75) is 224 Å². The van der Waals surface area contributed by atoms with E-state index in [1.54, 1.807) is 0 Å². The first-order valence-electron chi connectivity index (χ1n) is 27.9. The third kappa shape index (κ3) is 23.9. The number of rotatable bonds is 40. The Morgan fingerprint density at radius 2 is 0.875 bits per heavy atom. The SMILES string of the molecule is CCCCCCCCCCCCCCCCCCCCCCC(=O)N[C@@H](COC1OC(COCc2ccccc2)C(OCc2ccccc2)C(OCc2ccccc2)C1OCc1ccccc1)[C@H](O)[C@@H](C)O. The molecule has 1 aliphatic heterocycles. The van der Waals surface area contributed by atoms with Gasteiger partial charge in [0.1, 0.15) is 30.5 Å². The molecule has 0 aliphatic carbocycles. The molecule has 1 amide bonds. The predicted octanol–water partition coefficient (Wildman–Crippen LogP) is 13.1. The third-order valence-corrected chi connectivity index (χ3v) is 13.8. The highest BCUT2D eigenvalue weighted by atomic mass is 16.7. The Balaban J connectivity index is 1.16. The first kappa shape index (κ1) is 58.9. The molecule has 10 heteroatoms. The van der Waals surface area contributed by atoms with Gasteiger partial charge in [-0.3, -0.25) is 4.79 Å². The van der Waals surface area contributed by atoms with Crippen molar-refractivity contribution in [2.24, 2.45) is 0 Å². The van der Waals surface area contributed by atoms with Gasteiger partial charge >= 0.3 is 0 Å². The molecule has 1 heterocycles. The Kier molecular flexibility index (Phi) is 30.2. The topological polar surface area (TPSA) is 125 Å². The lowest BCUT2D eigenvalue weighted by atomic mass is 9.97. The maximum Gasteiger partial charge on any atom is 0.220 e. The molecule has 72 heavy (non-hydrogen) atoms. The lowest BCUT2D eigenvalue weighted by Crippen LogP contribution is -2.62. The molecular weight excluding hydrogens is 903 g/mol. The number of hydrogen-bond acceptors (Lipinski definition) is 9. The van der Waals surface area contributed by atoms with Crippen LogP contribution in [0.25, 0.3) is 0 Å². The van der Waals surface area contributed by atoms with Gasteiger partial charge in [-0.2, -0.15) is 0 Å². The van der Waals surface area contributed by atoms with Crippen LogP contribution in [0.15, 0.2) is 121 Å². The van der Waals surface area contributed by atoms with Crippen molar-refractivity contribution in [1.29, 1.82) is 0 Å². The van der Waals surface area contributed by atoms with Crippen molar-refractivity contribution >= 4 is 5.91 Å². The molecule has 0 radical (unpaired) electrons. The van der Waals surface area contributed by atoms with Gasteiger partial charge in [-0.15, -0.1) is 0 Å². The second kappa shape index (κ2) is 36.9. The predicted molar refractivity (Wildman–Crippen MR) is 288 cm³/mol. The number of aliphatic hydroxyl groups excluding tert-OH is 2. The molecule has 5 unspecified atom stereocenters. The van der Waals surface area contributed by atoms with E-state index in [0.717, 1.165) is 41.5 Å². The number of unbranched alkanes of at least 4 members (excludes halogenated alkanes) is 19. The largest absolute Gasteiger partial charge is 0.391 e. The molecule has 0 bridgehead atoms. The summed E-state index contributed by atoms with van der Waals surface area (Å²) in [7, 11) is 0. The highest BCUT2D eigenvalue weighted by Crippen LogP contribution is 2.32. The Labute approximate surface area is 433 Å². The second-order valence-electron chi connectivity index (χ2n) is 20.0. The number of carbonyl (C=O) groups is 1. The minimum atomic E-state index is -1.30. The average molecular weight is 994 g/mol. The van der Waals surface area contributed by atoms with Gasteiger partial charge in [-0.05, 0) is 35.6 Å². The lowest BCUT2D eigenvalue weighted by Gasteiger charge is -2.46. The van der Waals surface area contributed by atoms with Crippen LogP contribution in [0.1, 0.15) is 171 Å². The van der Waals surface area contributed by atoms with Crippen molar-refractivity contribution in [2.75, 3.05) is 13.2 Å². The van der Waals surface area contributed by atoms with E-state index in [2.05, 4.69) is 12.2 Å². The Morgan fingerprint density at radius 3 is 1.29 bits per heavy atom. The standard InChI is InChI=1S/C62H91NO9/c1-3-4-5-6-7-8-9-10-11-12-13-14-15-16-17-18-19-20-21-34-43-57(65)63-55(58(66)50(2)64)48-71-62-61(70-47-54-41-32-25-33-42-54)60(69-46-53-39-30-24-31-40-53)59(68-45-52-37-28-23-29-38-52)56(72-62)49-67-44-51-35-26-22-27-36-51/h22-33,35-42,50,55-56,58-62,64,66H,3-21,34,43-49H2,1-2H3,(H,63,65)/t50-,55+,56?,58-,59?,60?,61?,62?/m1/s1. The van der Waals surface area contributed by atoms with Crippen LogP contribution in [0.2, 0.25) is 0 Å². The Hall–Kier alpha value is -3.97. The molecular formula is C62H91NO9. The molecule has 4 aromatic carbocycles. The zero-order valence-electron chi connectivity index (χ0n) is 44.0. The van der Waals surface area contributed by atoms with Crippen LogP contribution in [0.3, 0.4) is 0 Å². The zero-order chi connectivity index (χ0) is 50.7. The third-order valence-electron chi connectivity index (χ3n) is 13.8. The van der Waals surface area contributed by atoms with E-state index in [4.69, 9.17) is 28.4 Å². The summed E-state index contributed by atoms with van der Waals surface area (Å²) in [6.45, 7) is 4.93. The maximum atomic E-state index is 13.5. The van der Waals surface area contributed by atoms with Crippen LogP contribution in [0, 0.1) is 0 Å². The minimum absolute atomic E-state index is 0.154.